The van der Waals surface area contributed by atoms with Gasteiger partial charge in [0.25, 0.3) is 5.91 Å². The minimum atomic E-state index is -4.59. The lowest BCUT2D eigenvalue weighted by Crippen LogP contribution is -2.32. The Kier molecular flexibility index (Phi) is 6.76. The highest BCUT2D eigenvalue weighted by atomic mass is 19.4. The quantitative estimate of drug-likeness (QED) is 0.741. The van der Waals surface area contributed by atoms with Gasteiger partial charge in [-0.15, -0.1) is 0 Å². The number of aromatic nitrogens is 2. The molecule has 8 heteroatoms. The van der Waals surface area contributed by atoms with Gasteiger partial charge in [-0.25, -0.2) is 4.68 Å². The van der Waals surface area contributed by atoms with Gasteiger partial charge in [-0.2, -0.15) is 18.3 Å². The van der Waals surface area contributed by atoms with E-state index in [2.05, 4.69) is 17.3 Å². The van der Waals surface area contributed by atoms with Crippen LogP contribution < -0.4 is 10.7 Å². The molecule has 0 unspecified atom stereocenters. The van der Waals surface area contributed by atoms with Gasteiger partial charge in [0.1, 0.15) is 0 Å². The number of nitrogens with zero attached hydrogens (tertiary/aromatic N) is 2. The molecule has 1 aromatic carbocycles. The van der Waals surface area contributed by atoms with Crippen molar-refractivity contribution in [2.24, 2.45) is 0 Å². The SMILES string of the molecule is CCCCCCNC(=O)c1nn(-c2ccccc2C(F)(F)F)c(C)cc1=O. The summed E-state index contributed by atoms with van der Waals surface area (Å²) in [7, 11) is 0. The first-order valence-electron chi connectivity index (χ1n) is 8.81. The fourth-order valence-corrected chi connectivity index (χ4v) is 2.68. The van der Waals surface area contributed by atoms with Gasteiger partial charge in [-0.1, -0.05) is 38.3 Å². The summed E-state index contributed by atoms with van der Waals surface area (Å²) in [5, 5.41) is 6.53. The van der Waals surface area contributed by atoms with Gasteiger partial charge in [0.2, 0.25) is 5.43 Å². The van der Waals surface area contributed by atoms with E-state index in [-0.39, 0.29) is 11.4 Å². The topological polar surface area (TPSA) is 64.0 Å². The van der Waals surface area contributed by atoms with Crippen LogP contribution in [0.15, 0.2) is 35.1 Å². The standard InChI is InChI=1S/C19H22F3N3O2/c1-3-4-5-8-11-23-18(27)17-16(26)12-13(2)25(24-17)15-10-7-6-9-14(15)19(20,21)22/h6-7,9-10,12H,3-5,8,11H2,1-2H3,(H,23,27). The highest BCUT2D eigenvalue weighted by Gasteiger charge is 2.34. The largest absolute Gasteiger partial charge is 0.418 e. The lowest BCUT2D eigenvalue weighted by Gasteiger charge is -2.16. The molecule has 0 aliphatic carbocycles. The van der Waals surface area contributed by atoms with Crippen LogP contribution in [0, 0.1) is 6.92 Å². The van der Waals surface area contributed by atoms with Crippen LogP contribution in [0.4, 0.5) is 13.2 Å². The molecule has 0 fully saturated rings. The fourth-order valence-electron chi connectivity index (χ4n) is 2.68. The van der Waals surface area contributed by atoms with E-state index in [4.69, 9.17) is 0 Å². The molecule has 1 amide bonds. The van der Waals surface area contributed by atoms with E-state index in [0.29, 0.717) is 6.54 Å². The summed E-state index contributed by atoms with van der Waals surface area (Å²) in [4.78, 5) is 24.4. The molecule has 2 aromatic rings. The first kappa shape index (κ1) is 20.7. The number of benzene rings is 1. The third kappa shape index (κ3) is 5.18. The van der Waals surface area contributed by atoms with Crippen molar-refractivity contribution in [1.82, 2.24) is 15.1 Å². The molecule has 0 atom stereocenters. The van der Waals surface area contributed by atoms with Gasteiger partial charge in [-0.05, 0) is 25.5 Å². The Balaban J connectivity index is 2.35. The van der Waals surface area contributed by atoms with Gasteiger partial charge in [0.05, 0.1) is 11.3 Å². The van der Waals surface area contributed by atoms with Gasteiger partial charge in [-0.3, -0.25) is 9.59 Å². The zero-order chi connectivity index (χ0) is 20.0. The average Bonchev–Trinajstić information content (AvgIpc) is 2.61. The van der Waals surface area contributed by atoms with Crippen molar-refractivity contribution in [3.8, 4) is 5.69 Å². The zero-order valence-electron chi connectivity index (χ0n) is 15.3. The third-order valence-electron chi connectivity index (χ3n) is 4.08. The van der Waals surface area contributed by atoms with Crippen LogP contribution >= 0.6 is 0 Å². The van der Waals surface area contributed by atoms with Crippen molar-refractivity contribution in [2.75, 3.05) is 6.54 Å². The Labute approximate surface area is 155 Å². The molecule has 1 aromatic heterocycles. The number of hydrogen-bond acceptors (Lipinski definition) is 3. The molecule has 2 rings (SSSR count). The van der Waals surface area contributed by atoms with Crippen LogP contribution in [0.5, 0.6) is 0 Å². The molecule has 0 saturated carbocycles. The van der Waals surface area contributed by atoms with Crippen LogP contribution in [0.3, 0.4) is 0 Å². The van der Waals surface area contributed by atoms with Crippen LogP contribution in [0.1, 0.15) is 54.4 Å². The molecule has 0 aliphatic heterocycles. The van der Waals surface area contributed by atoms with Gasteiger partial charge < -0.3 is 5.32 Å². The average molecular weight is 381 g/mol. The van der Waals surface area contributed by atoms with E-state index >= 15 is 0 Å². The number of alkyl halides is 3. The number of para-hydroxylation sites is 1. The summed E-state index contributed by atoms with van der Waals surface area (Å²) >= 11 is 0. The summed E-state index contributed by atoms with van der Waals surface area (Å²) in [5.41, 5.74) is -1.97. The van der Waals surface area contributed by atoms with Crippen molar-refractivity contribution < 1.29 is 18.0 Å². The lowest BCUT2D eigenvalue weighted by molar-refractivity contribution is -0.137. The van der Waals surface area contributed by atoms with Crippen molar-refractivity contribution in [3.63, 3.8) is 0 Å². The Morgan fingerprint density at radius 3 is 2.56 bits per heavy atom. The number of aryl methyl sites for hydroxylation is 1. The van der Waals surface area contributed by atoms with E-state index in [1.165, 1.54) is 25.1 Å². The third-order valence-corrected chi connectivity index (χ3v) is 4.08. The van der Waals surface area contributed by atoms with Crippen molar-refractivity contribution in [1.29, 1.82) is 0 Å². The summed E-state index contributed by atoms with van der Waals surface area (Å²) in [6, 6.07) is 6.01. The smallest absolute Gasteiger partial charge is 0.351 e. The fraction of sp³-hybridized carbons (Fsp3) is 0.421. The number of amides is 1. The van der Waals surface area contributed by atoms with Crippen LogP contribution in [0.2, 0.25) is 0 Å². The number of carbonyl (C=O) groups excluding carboxylic acids is 1. The molecule has 0 bridgehead atoms. The predicted octanol–water partition coefficient (Wildman–Crippen LogP) is 3.87. The number of hydrogen-bond donors (Lipinski definition) is 1. The summed E-state index contributed by atoms with van der Waals surface area (Å²) in [6.45, 7) is 3.91. The molecule has 0 radical (unpaired) electrons. The number of carbonyl (C=O) groups is 1. The van der Waals surface area contributed by atoms with Crippen LogP contribution in [0.25, 0.3) is 5.69 Å². The second-order valence-corrected chi connectivity index (χ2v) is 6.24. The molecule has 5 nitrogen and oxygen atoms in total. The van der Waals surface area contributed by atoms with Gasteiger partial charge in [0, 0.05) is 18.3 Å². The zero-order valence-corrected chi connectivity index (χ0v) is 15.3. The Morgan fingerprint density at radius 1 is 1.19 bits per heavy atom. The number of nitrogens with one attached hydrogen (secondary N) is 1. The lowest BCUT2D eigenvalue weighted by atomic mass is 10.1. The van der Waals surface area contributed by atoms with Crippen molar-refractivity contribution in [2.45, 2.75) is 45.7 Å². The molecular formula is C19H22F3N3O2. The van der Waals surface area contributed by atoms with E-state index in [1.807, 2.05) is 0 Å². The second kappa shape index (κ2) is 8.83. The minimum absolute atomic E-state index is 0.205. The van der Waals surface area contributed by atoms with Crippen molar-refractivity contribution in [3.05, 3.63) is 57.5 Å². The molecule has 0 saturated heterocycles. The molecule has 1 heterocycles. The monoisotopic (exact) mass is 381 g/mol. The van der Waals surface area contributed by atoms with E-state index in [9.17, 15) is 22.8 Å². The summed E-state index contributed by atoms with van der Waals surface area (Å²) < 4.78 is 40.9. The van der Waals surface area contributed by atoms with Gasteiger partial charge in [0.15, 0.2) is 5.69 Å². The van der Waals surface area contributed by atoms with E-state index in [0.717, 1.165) is 42.5 Å². The first-order valence-corrected chi connectivity index (χ1v) is 8.81. The minimum Gasteiger partial charge on any atom is -0.351 e. The Morgan fingerprint density at radius 2 is 1.89 bits per heavy atom. The predicted molar refractivity (Wildman–Crippen MR) is 96.0 cm³/mol. The molecule has 27 heavy (non-hydrogen) atoms. The maximum atomic E-state index is 13.3. The summed E-state index contributed by atoms with van der Waals surface area (Å²) in [5.74, 6) is -0.685. The number of unbranched alkanes of at least 4 members (excludes halogenated alkanes) is 3. The number of halogens is 3. The normalized spacial score (nSPS) is 11.4. The van der Waals surface area contributed by atoms with Crippen molar-refractivity contribution >= 4 is 5.91 Å². The molecule has 0 spiro atoms. The van der Waals surface area contributed by atoms with Crippen LogP contribution in [-0.2, 0) is 6.18 Å². The molecular weight excluding hydrogens is 359 g/mol. The van der Waals surface area contributed by atoms with E-state index < -0.39 is 28.8 Å². The molecule has 1 N–H and O–H groups in total. The first-order chi connectivity index (χ1) is 12.8. The Bertz CT molecular complexity index is 860. The van der Waals surface area contributed by atoms with Crippen LogP contribution in [-0.4, -0.2) is 22.2 Å². The highest BCUT2D eigenvalue weighted by Crippen LogP contribution is 2.33. The Hall–Kier alpha value is -2.64. The number of rotatable bonds is 7. The second-order valence-electron chi connectivity index (χ2n) is 6.24. The summed E-state index contributed by atoms with van der Waals surface area (Å²) in [6.07, 6.45) is -0.788. The maximum absolute atomic E-state index is 13.3. The van der Waals surface area contributed by atoms with E-state index in [1.54, 1.807) is 0 Å². The highest BCUT2D eigenvalue weighted by molar-refractivity contribution is 5.92. The molecule has 146 valence electrons. The van der Waals surface area contributed by atoms with Gasteiger partial charge >= 0.3 is 6.18 Å². The molecule has 0 aliphatic rings. The maximum Gasteiger partial charge on any atom is 0.418 e.